The SMILES string of the molecule is C=CC[C@@H](c1cc(OC)c(OC)cc1Br)N1CCNCC1.Cl.Cl. The molecule has 1 heterocycles. The lowest BCUT2D eigenvalue weighted by atomic mass is 10.0. The van der Waals surface area contributed by atoms with Crippen LogP contribution in [0.3, 0.4) is 0 Å². The fraction of sp³-hybridized carbons (Fsp3) is 0.500. The Hall–Kier alpha value is -0.460. The van der Waals surface area contributed by atoms with E-state index in [1.807, 2.05) is 12.1 Å². The third kappa shape index (κ3) is 5.54. The summed E-state index contributed by atoms with van der Waals surface area (Å²) in [6.07, 6.45) is 2.89. The number of methoxy groups -OCH3 is 2. The first kappa shape index (κ1) is 22.5. The minimum absolute atomic E-state index is 0. The monoisotopic (exact) mass is 426 g/mol. The zero-order valence-electron chi connectivity index (χ0n) is 13.5. The molecule has 1 atom stereocenters. The van der Waals surface area contributed by atoms with Crippen LogP contribution in [0.4, 0.5) is 0 Å². The van der Waals surface area contributed by atoms with E-state index >= 15 is 0 Å². The standard InChI is InChI=1S/C16H23BrN2O2.2ClH/c1-4-5-14(19-8-6-18-7-9-19)12-10-15(20-2)16(21-3)11-13(12)17;;/h4,10-11,14,18H,1,5-9H2,2-3H3;2*1H/t14-;;/m0../s1. The molecule has 1 saturated heterocycles. The summed E-state index contributed by atoms with van der Waals surface area (Å²) in [7, 11) is 3.32. The molecular formula is C16H25BrCl2N2O2. The third-order valence-corrected chi connectivity index (χ3v) is 4.53. The van der Waals surface area contributed by atoms with E-state index in [2.05, 4.69) is 38.8 Å². The van der Waals surface area contributed by atoms with E-state index < -0.39 is 0 Å². The summed E-state index contributed by atoms with van der Waals surface area (Å²) in [6, 6.07) is 4.35. The van der Waals surface area contributed by atoms with Gasteiger partial charge in [0, 0.05) is 36.7 Å². The molecule has 0 aliphatic carbocycles. The molecule has 2 rings (SSSR count). The van der Waals surface area contributed by atoms with Gasteiger partial charge in [0.2, 0.25) is 0 Å². The first-order chi connectivity index (χ1) is 10.2. The molecule has 1 fully saturated rings. The maximum absolute atomic E-state index is 5.44. The van der Waals surface area contributed by atoms with Crippen molar-refractivity contribution in [1.82, 2.24) is 10.2 Å². The van der Waals surface area contributed by atoms with Crippen LogP contribution in [0.2, 0.25) is 0 Å². The van der Waals surface area contributed by atoms with E-state index in [0.29, 0.717) is 6.04 Å². The lowest BCUT2D eigenvalue weighted by Gasteiger charge is -2.35. The molecule has 7 heteroatoms. The normalized spacial score (nSPS) is 15.8. The molecule has 1 aromatic carbocycles. The van der Waals surface area contributed by atoms with Gasteiger partial charge in [0.25, 0.3) is 0 Å². The minimum atomic E-state index is 0. The molecule has 0 bridgehead atoms. The molecule has 0 amide bonds. The Morgan fingerprint density at radius 3 is 2.30 bits per heavy atom. The van der Waals surface area contributed by atoms with Gasteiger partial charge in [0.1, 0.15) is 0 Å². The van der Waals surface area contributed by atoms with Crippen LogP contribution in [0.1, 0.15) is 18.0 Å². The fourth-order valence-electron chi connectivity index (χ4n) is 2.75. The van der Waals surface area contributed by atoms with Crippen molar-refractivity contribution >= 4 is 40.7 Å². The van der Waals surface area contributed by atoms with Crippen LogP contribution in [0.15, 0.2) is 29.3 Å². The Bertz CT molecular complexity index is 497. The van der Waals surface area contributed by atoms with Crippen molar-refractivity contribution < 1.29 is 9.47 Å². The summed E-state index contributed by atoms with van der Waals surface area (Å²) in [5.41, 5.74) is 1.22. The highest BCUT2D eigenvalue weighted by molar-refractivity contribution is 9.10. The minimum Gasteiger partial charge on any atom is -0.493 e. The van der Waals surface area contributed by atoms with E-state index in [1.54, 1.807) is 14.2 Å². The van der Waals surface area contributed by atoms with Gasteiger partial charge in [-0.1, -0.05) is 22.0 Å². The smallest absolute Gasteiger partial charge is 0.161 e. The third-order valence-electron chi connectivity index (χ3n) is 3.84. The average Bonchev–Trinajstić information content (AvgIpc) is 2.53. The molecule has 0 spiro atoms. The predicted octanol–water partition coefficient (Wildman–Crippen LogP) is 3.83. The Labute approximate surface area is 159 Å². The summed E-state index contributed by atoms with van der Waals surface area (Å²) in [5, 5.41) is 3.39. The van der Waals surface area contributed by atoms with E-state index in [4.69, 9.17) is 9.47 Å². The second kappa shape index (κ2) is 11.2. The van der Waals surface area contributed by atoms with E-state index in [9.17, 15) is 0 Å². The molecule has 0 saturated carbocycles. The maximum Gasteiger partial charge on any atom is 0.161 e. The van der Waals surface area contributed by atoms with Crippen molar-refractivity contribution in [2.24, 2.45) is 0 Å². The van der Waals surface area contributed by atoms with Gasteiger partial charge < -0.3 is 14.8 Å². The number of nitrogens with one attached hydrogen (secondary N) is 1. The summed E-state index contributed by atoms with van der Waals surface area (Å²) < 4.78 is 11.9. The number of ether oxygens (including phenoxy) is 2. The Morgan fingerprint density at radius 1 is 1.22 bits per heavy atom. The van der Waals surface area contributed by atoms with Gasteiger partial charge in [0.15, 0.2) is 11.5 Å². The zero-order valence-corrected chi connectivity index (χ0v) is 16.7. The molecule has 1 aromatic rings. The average molecular weight is 428 g/mol. The number of nitrogens with zero attached hydrogens (tertiary/aromatic N) is 1. The number of halogens is 3. The molecular weight excluding hydrogens is 403 g/mol. The van der Waals surface area contributed by atoms with E-state index in [-0.39, 0.29) is 24.8 Å². The van der Waals surface area contributed by atoms with Crippen LogP contribution in [0.5, 0.6) is 11.5 Å². The van der Waals surface area contributed by atoms with Gasteiger partial charge in [-0.25, -0.2) is 0 Å². The quantitative estimate of drug-likeness (QED) is 0.699. The van der Waals surface area contributed by atoms with Crippen LogP contribution < -0.4 is 14.8 Å². The number of benzene rings is 1. The van der Waals surface area contributed by atoms with E-state index in [0.717, 1.165) is 48.6 Å². The molecule has 4 nitrogen and oxygen atoms in total. The largest absolute Gasteiger partial charge is 0.493 e. The van der Waals surface area contributed by atoms with Crippen molar-refractivity contribution in [3.8, 4) is 11.5 Å². The number of hydrogen-bond donors (Lipinski definition) is 1. The predicted molar refractivity (Wildman–Crippen MR) is 104 cm³/mol. The second-order valence-corrected chi connectivity index (χ2v) is 5.91. The van der Waals surface area contributed by atoms with Crippen LogP contribution in [0.25, 0.3) is 0 Å². The lowest BCUT2D eigenvalue weighted by molar-refractivity contribution is 0.173. The van der Waals surface area contributed by atoms with Gasteiger partial charge in [-0.05, 0) is 24.1 Å². The molecule has 1 N–H and O–H groups in total. The van der Waals surface area contributed by atoms with Crippen LogP contribution >= 0.6 is 40.7 Å². The number of hydrogen-bond acceptors (Lipinski definition) is 4. The van der Waals surface area contributed by atoms with Gasteiger partial charge in [-0.2, -0.15) is 0 Å². The lowest BCUT2D eigenvalue weighted by Crippen LogP contribution is -2.45. The summed E-state index contributed by atoms with van der Waals surface area (Å²) in [5.74, 6) is 1.51. The zero-order chi connectivity index (χ0) is 15.2. The highest BCUT2D eigenvalue weighted by atomic mass is 79.9. The first-order valence-electron chi connectivity index (χ1n) is 7.18. The van der Waals surface area contributed by atoms with Crippen LogP contribution in [0, 0.1) is 0 Å². The second-order valence-electron chi connectivity index (χ2n) is 5.05. The van der Waals surface area contributed by atoms with Crippen LogP contribution in [-0.4, -0.2) is 45.3 Å². The molecule has 0 unspecified atom stereocenters. The number of piperazine rings is 1. The highest BCUT2D eigenvalue weighted by Crippen LogP contribution is 2.39. The maximum atomic E-state index is 5.44. The first-order valence-corrected chi connectivity index (χ1v) is 7.97. The highest BCUT2D eigenvalue weighted by Gasteiger charge is 2.24. The fourth-order valence-corrected chi connectivity index (χ4v) is 3.34. The Kier molecular flexibility index (Phi) is 10.9. The molecule has 0 aromatic heterocycles. The Morgan fingerprint density at radius 2 is 1.78 bits per heavy atom. The van der Waals surface area contributed by atoms with Crippen molar-refractivity contribution in [2.75, 3.05) is 40.4 Å². The molecule has 132 valence electrons. The molecule has 1 aliphatic rings. The Balaban J connectivity index is 0.00000242. The summed E-state index contributed by atoms with van der Waals surface area (Å²) in [4.78, 5) is 2.49. The molecule has 0 radical (unpaired) electrons. The topological polar surface area (TPSA) is 33.7 Å². The van der Waals surface area contributed by atoms with Crippen molar-refractivity contribution in [3.63, 3.8) is 0 Å². The van der Waals surface area contributed by atoms with Crippen molar-refractivity contribution in [1.29, 1.82) is 0 Å². The van der Waals surface area contributed by atoms with Gasteiger partial charge in [-0.15, -0.1) is 31.4 Å². The number of rotatable bonds is 6. The summed E-state index contributed by atoms with van der Waals surface area (Å²) in [6.45, 7) is 8.05. The summed E-state index contributed by atoms with van der Waals surface area (Å²) >= 11 is 3.68. The van der Waals surface area contributed by atoms with Crippen LogP contribution in [-0.2, 0) is 0 Å². The van der Waals surface area contributed by atoms with E-state index in [1.165, 1.54) is 5.56 Å². The van der Waals surface area contributed by atoms with Crippen molar-refractivity contribution in [2.45, 2.75) is 12.5 Å². The van der Waals surface area contributed by atoms with Gasteiger partial charge in [-0.3, -0.25) is 4.90 Å². The van der Waals surface area contributed by atoms with Gasteiger partial charge in [0.05, 0.1) is 14.2 Å². The van der Waals surface area contributed by atoms with Crippen molar-refractivity contribution in [3.05, 3.63) is 34.8 Å². The molecule has 23 heavy (non-hydrogen) atoms. The molecule has 1 aliphatic heterocycles. The van der Waals surface area contributed by atoms with Gasteiger partial charge >= 0.3 is 0 Å².